The van der Waals surface area contributed by atoms with Gasteiger partial charge in [0, 0.05) is 18.2 Å². The van der Waals surface area contributed by atoms with Crippen LogP contribution in [-0.2, 0) is 9.59 Å². The van der Waals surface area contributed by atoms with Crippen molar-refractivity contribution in [3.8, 4) is 5.75 Å². The third kappa shape index (κ3) is 6.75. The first-order valence-corrected chi connectivity index (χ1v) is 8.53. The molecule has 0 bridgehead atoms. The van der Waals surface area contributed by atoms with Crippen LogP contribution in [0.2, 0.25) is 15.1 Å². The number of halogens is 3. The Labute approximate surface area is 157 Å². The van der Waals surface area contributed by atoms with Gasteiger partial charge in [-0.1, -0.05) is 34.8 Å². The van der Waals surface area contributed by atoms with E-state index in [1.807, 2.05) is 20.8 Å². The van der Waals surface area contributed by atoms with E-state index in [0.29, 0.717) is 11.6 Å². The summed E-state index contributed by atoms with van der Waals surface area (Å²) in [6, 6.07) is 2.89. The lowest BCUT2D eigenvalue weighted by molar-refractivity contribution is -0.137. The van der Waals surface area contributed by atoms with E-state index >= 15 is 0 Å². The molecule has 0 heterocycles. The number of carbonyl (C=O) groups excluding carboxylic acids is 2. The number of amides is 2. The predicted molar refractivity (Wildman–Crippen MR) is 97.1 cm³/mol. The summed E-state index contributed by atoms with van der Waals surface area (Å²) in [5.74, 6) is -0.302. The van der Waals surface area contributed by atoms with E-state index in [4.69, 9.17) is 39.5 Å². The number of ether oxygens (including phenoxy) is 1. The lowest BCUT2D eigenvalue weighted by atomic mass is 10.1. The van der Waals surface area contributed by atoms with Gasteiger partial charge in [-0.2, -0.15) is 0 Å². The molecule has 0 saturated carbocycles. The molecular weight excluding hydrogens is 375 g/mol. The van der Waals surface area contributed by atoms with E-state index in [-0.39, 0.29) is 46.3 Å². The predicted octanol–water partition coefficient (Wildman–Crippen LogP) is 3.79. The second kappa shape index (κ2) is 8.79. The first-order chi connectivity index (χ1) is 11.0. The number of rotatable bonds is 6. The molecule has 0 aliphatic heterocycles. The van der Waals surface area contributed by atoms with Gasteiger partial charge in [0.15, 0.2) is 6.61 Å². The summed E-state index contributed by atoms with van der Waals surface area (Å²) in [4.78, 5) is 25.6. The minimum absolute atomic E-state index is 0.0366. The average molecular weight is 396 g/mol. The fourth-order valence-electron chi connectivity index (χ4n) is 1.85. The Morgan fingerprint density at radius 3 is 2.25 bits per heavy atom. The zero-order chi connectivity index (χ0) is 18.5. The van der Waals surface area contributed by atoms with Crippen LogP contribution in [0.3, 0.4) is 0 Å². The van der Waals surface area contributed by atoms with Gasteiger partial charge in [-0.3, -0.25) is 9.59 Å². The molecule has 134 valence electrons. The SMILES string of the molecule is CCN(CC(=O)NC(C)(C)C)C(=O)COc1cc(Cl)c(Cl)cc1Cl. The van der Waals surface area contributed by atoms with Gasteiger partial charge < -0.3 is 15.0 Å². The van der Waals surface area contributed by atoms with Crippen LogP contribution < -0.4 is 10.1 Å². The molecule has 0 aliphatic carbocycles. The van der Waals surface area contributed by atoms with Crippen LogP contribution >= 0.6 is 34.8 Å². The van der Waals surface area contributed by atoms with Crippen LogP contribution in [0.25, 0.3) is 0 Å². The smallest absolute Gasteiger partial charge is 0.260 e. The number of benzene rings is 1. The number of carbonyl (C=O) groups is 2. The van der Waals surface area contributed by atoms with Gasteiger partial charge in [-0.25, -0.2) is 0 Å². The molecule has 0 unspecified atom stereocenters. The van der Waals surface area contributed by atoms with Gasteiger partial charge in [-0.15, -0.1) is 0 Å². The number of nitrogens with zero attached hydrogens (tertiary/aromatic N) is 1. The maximum Gasteiger partial charge on any atom is 0.260 e. The van der Waals surface area contributed by atoms with Gasteiger partial charge in [0.05, 0.1) is 21.6 Å². The lowest BCUT2D eigenvalue weighted by Gasteiger charge is -2.25. The van der Waals surface area contributed by atoms with Crippen molar-refractivity contribution >= 4 is 46.6 Å². The molecule has 0 atom stereocenters. The third-order valence-electron chi connectivity index (χ3n) is 2.91. The quantitative estimate of drug-likeness (QED) is 0.746. The van der Waals surface area contributed by atoms with Gasteiger partial charge in [0.1, 0.15) is 5.75 Å². The van der Waals surface area contributed by atoms with E-state index < -0.39 is 0 Å². The summed E-state index contributed by atoms with van der Waals surface area (Å²) in [6.07, 6.45) is 0. The van der Waals surface area contributed by atoms with Crippen LogP contribution in [0, 0.1) is 0 Å². The average Bonchev–Trinajstić information content (AvgIpc) is 2.45. The molecule has 2 amide bonds. The molecule has 0 saturated heterocycles. The van der Waals surface area contributed by atoms with Crippen molar-refractivity contribution in [3.05, 3.63) is 27.2 Å². The zero-order valence-electron chi connectivity index (χ0n) is 14.1. The number of nitrogens with one attached hydrogen (secondary N) is 1. The van der Waals surface area contributed by atoms with Crippen molar-refractivity contribution in [1.82, 2.24) is 10.2 Å². The van der Waals surface area contributed by atoms with Crippen molar-refractivity contribution in [2.24, 2.45) is 0 Å². The van der Waals surface area contributed by atoms with Gasteiger partial charge in [-0.05, 0) is 33.8 Å². The molecule has 1 aromatic carbocycles. The standard InChI is InChI=1S/C16H21Cl3N2O3/c1-5-21(8-14(22)20-16(2,3)4)15(23)9-24-13-7-11(18)10(17)6-12(13)19/h6-7H,5,8-9H2,1-4H3,(H,20,22). The monoisotopic (exact) mass is 394 g/mol. The van der Waals surface area contributed by atoms with Crippen LogP contribution in [-0.4, -0.2) is 41.9 Å². The molecule has 1 N–H and O–H groups in total. The number of likely N-dealkylation sites (N-methyl/N-ethyl adjacent to an activating group) is 1. The molecular formula is C16H21Cl3N2O3. The first-order valence-electron chi connectivity index (χ1n) is 7.39. The molecule has 0 spiro atoms. The van der Waals surface area contributed by atoms with Crippen LogP contribution in [0.1, 0.15) is 27.7 Å². The number of hydrogen-bond donors (Lipinski definition) is 1. The molecule has 0 fully saturated rings. The first kappa shape index (κ1) is 20.9. The molecule has 24 heavy (non-hydrogen) atoms. The number of hydrogen-bond acceptors (Lipinski definition) is 3. The zero-order valence-corrected chi connectivity index (χ0v) is 16.3. The largest absolute Gasteiger partial charge is 0.482 e. The highest BCUT2D eigenvalue weighted by Gasteiger charge is 2.20. The maximum absolute atomic E-state index is 12.2. The fourth-order valence-corrected chi connectivity index (χ4v) is 2.44. The van der Waals surface area contributed by atoms with Crippen LogP contribution in [0.15, 0.2) is 12.1 Å². The Bertz CT molecular complexity index is 615. The lowest BCUT2D eigenvalue weighted by Crippen LogP contribution is -2.48. The minimum Gasteiger partial charge on any atom is -0.482 e. The molecule has 8 heteroatoms. The maximum atomic E-state index is 12.2. The van der Waals surface area contributed by atoms with Gasteiger partial charge >= 0.3 is 0 Å². The van der Waals surface area contributed by atoms with Crippen molar-refractivity contribution in [1.29, 1.82) is 0 Å². The second-order valence-electron chi connectivity index (χ2n) is 6.19. The molecule has 1 aromatic rings. The third-order valence-corrected chi connectivity index (χ3v) is 3.93. The normalized spacial score (nSPS) is 11.1. The van der Waals surface area contributed by atoms with Gasteiger partial charge in [0.25, 0.3) is 5.91 Å². The Kier molecular flexibility index (Phi) is 7.64. The van der Waals surface area contributed by atoms with E-state index in [1.165, 1.54) is 17.0 Å². The van der Waals surface area contributed by atoms with Crippen molar-refractivity contribution in [3.63, 3.8) is 0 Å². The Balaban J connectivity index is 2.65. The molecule has 1 rings (SSSR count). The van der Waals surface area contributed by atoms with E-state index in [1.54, 1.807) is 6.92 Å². The Hall–Kier alpha value is -1.17. The highest BCUT2D eigenvalue weighted by atomic mass is 35.5. The van der Waals surface area contributed by atoms with Gasteiger partial charge in [0.2, 0.25) is 5.91 Å². The molecule has 0 aliphatic rings. The highest BCUT2D eigenvalue weighted by molar-refractivity contribution is 6.43. The van der Waals surface area contributed by atoms with Crippen molar-refractivity contribution in [2.75, 3.05) is 19.7 Å². The van der Waals surface area contributed by atoms with E-state index in [2.05, 4.69) is 5.32 Å². The summed E-state index contributed by atoms with van der Waals surface area (Å²) < 4.78 is 5.40. The van der Waals surface area contributed by atoms with E-state index in [9.17, 15) is 9.59 Å². The van der Waals surface area contributed by atoms with Crippen LogP contribution in [0.4, 0.5) is 0 Å². The van der Waals surface area contributed by atoms with Crippen molar-refractivity contribution < 1.29 is 14.3 Å². The summed E-state index contributed by atoms with van der Waals surface area (Å²) in [5, 5.41) is 3.64. The fraction of sp³-hybridized carbons (Fsp3) is 0.500. The Morgan fingerprint density at radius 2 is 1.71 bits per heavy atom. The minimum atomic E-state index is -0.358. The second-order valence-corrected chi connectivity index (χ2v) is 7.41. The molecule has 0 radical (unpaired) electrons. The van der Waals surface area contributed by atoms with Crippen LogP contribution in [0.5, 0.6) is 5.75 Å². The summed E-state index contributed by atoms with van der Waals surface area (Å²) >= 11 is 17.7. The highest BCUT2D eigenvalue weighted by Crippen LogP contribution is 2.33. The summed E-state index contributed by atoms with van der Waals surface area (Å²) in [7, 11) is 0. The topological polar surface area (TPSA) is 58.6 Å². The molecule has 5 nitrogen and oxygen atoms in total. The summed E-state index contributed by atoms with van der Waals surface area (Å²) in [6.45, 7) is 7.50. The Morgan fingerprint density at radius 1 is 1.12 bits per heavy atom. The molecule has 0 aromatic heterocycles. The van der Waals surface area contributed by atoms with Crippen molar-refractivity contribution in [2.45, 2.75) is 33.2 Å². The summed E-state index contributed by atoms with van der Waals surface area (Å²) in [5.41, 5.74) is -0.358. The van der Waals surface area contributed by atoms with E-state index in [0.717, 1.165) is 0 Å².